The molecule has 3 atom stereocenters. The Morgan fingerprint density at radius 2 is 1.97 bits per heavy atom. The summed E-state index contributed by atoms with van der Waals surface area (Å²) >= 11 is 0. The summed E-state index contributed by atoms with van der Waals surface area (Å²) in [5, 5.41) is 12.6. The van der Waals surface area contributed by atoms with Crippen LogP contribution in [0.1, 0.15) is 45.7 Å². The number of hydrogen-bond acceptors (Lipinski definition) is 8. The predicted molar refractivity (Wildman–Crippen MR) is 118 cm³/mol. The fourth-order valence-electron chi connectivity index (χ4n) is 4.98. The molecule has 198 valence electrons. The van der Waals surface area contributed by atoms with Gasteiger partial charge in [-0.25, -0.2) is 13.2 Å². The third kappa shape index (κ3) is 4.31. The molecule has 2 amide bonds. The zero-order chi connectivity index (χ0) is 26.8. The summed E-state index contributed by atoms with van der Waals surface area (Å²) in [5.41, 5.74) is -3.05. The van der Waals surface area contributed by atoms with E-state index >= 15 is 0 Å². The van der Waals surface area contributed by atoms with Crippen molar-refractivity contribution in [3.63, 3.8) is 0 Å². The molecule has 5 rings (SSSR count). The number of ether oxygens (including phenoxy) is 1. The lowest BCUT2D eigenvalue weighted by molar-refractivity contribution is -0.132. The van der Waals surface area contributed by atoms with Crippen LogP contribution in [0.4, 0.5) is 13.2 Å². The van der Waals surface area contributed by atoms with E-state index in [1.165, 1.54) is 9.47 Å². The minimum atomic E-state index is -4.36. The molecule has 1 saturated heterocycles. The first-order valence-electron chi connectivity index (χ1n) is 11.1. The molecule has 3 heterocycles. The number of pyridine rings is 1. The fourth-order valence-corrected chi connectivity index (χ4v) is 5.43. The molecule has 0 spiro atoms. The van der Waals surface area contributed by atoms with E-state index in [1.807, 2.05) is 0 Å². The van der Waals surface area contributed by atoms with Crippen LogP contribution in [0.5, 0.6) is 11.5 Å². The Morgan fingerprint density at radius 1 is 1.24 bits per heavy atom. The molecule has 1 aromatic carbocycles. The zero-order valence-electron chi connectivity index (χ0n) is 19.2. The molecule has 2 fully saturated rings. The first-order chi connectivity index (χ1) is 17.4. The van der Waals surface area contributed by atoms with Gasteiger partial charge in [0.2, 0.25) is 11.2 Å². The first kappa shape index (κ1) is 25.1. The average molecular weight is 543 g/mol. The van der Waals surface area contributed by atoms with Gasteiger partial charge in [0.15, 0.2) is 29.3 Å². The van der Waals surface area contributed by atoms with Gasteiger partial charge < -0.3 is 28.8 Å². The molecule has 2 aliphatic heterocycles. The second-order valence-corrected chi connectivity index (χ2v) is 10.6. The normalized spacial score (nSPS) is 22.4. The van der Waals surface area contributed by atoms with Gasteiger partial charge in [0.25, 0.3) is 11.8 Å². The highest BCUT2D eigenvalue weighted by molar-refractivity contribution is 7.86. The Labute approximate surface area is 207 Å². The van der Waals surface area contributed by atoms with E-state index < -0.39 is 80.2 Å². The Morgan fingerprint density at radius 3 is 2.68 bits per heavy atom. The second kappa shape index (κ2) is 8.76. The van der Waals surface area contributed by atoms with Crippen molar-refractivity contribution in [1.82, 2.24) is 14.8 Å². The SMILES string of the molecule is CS(=O)(=O)Oc1c(F)cc(F)c(CNC(=O)c2cn3c(c(O)c2=O)C(=O)N2[C@H]4CC[C@H](C4)O[C@@H]2C3)c1F. The number of aromatic hydroxyl groups is 1. The molecule has 2 N–H and O–H groups in total. The standard InChI is InChI=1S/C22H20F3N3O8S/c1-37(33,34)36-20-14(24)5-13(23)11(16(20)25)6-26-21(31)12-7-27-8-15-28(9-2-3-10(4-9)35-15)22(32)17(27)19(30)18(12)29/h5,7,9-10,15,30H,2-4,6,8H2,1H3,(H,26,31)/t9-,10+,15+/m0/s1. The van der Waals surface area contributed by atoms with Crippen LogP contribution in [0.25, 0.3) is 0 Å². The Kier molecular flexibility index (Phi) is 5.94. The van der Waals surface area contributed by atoms with Gasteiger partial charge in [-0.3, -0.25) is 14.4 Å². The number of nitrogens with zero attached hydrogens (tertiary/aromatic N) is 2. The summed E-state index contributed by atoms with van der Waals surface area (Å²) in [5.74, 6) is -8.89. The maximum Gasteiger partial charge on any atom is 0.306 e. The molecule has 1 aliphatic carbocycles. The lowest BCUT2D eigenvalue weighted by Gasteiger charge is -2.44. The third-order valence-corrected chi connectivity index (χ3v) is 7.05. The number of halogens is 3. The van der Waals surface area contributed by atoms with Gasteiger partial charge in [-0.05, 0) is 19.3 Å². The molecular formula is C22H20F3N3O8S. The maximum atomic E-state index is 14.6. The van der Waals surface area contributed by atoms with E-state index in [4.69, 9.17) is 4.74 Å². The molecule has 11 nitrogen and oxygen atoms in total. The molecule has 1 aromatic heterocycles. The van der Waals surface area contributed by atoms with Crippen LogP contribution in [-0.4, -0.2) is 59.4 Å². The quantitative estimate of drug-likeness (QED) is 0.531. The van der Waals surface area contributed by atoms with E-state index in [9.17, 15) is 41.1 Å². The molecule has 0 unspecified atom stereocenters. The maximum absolute atomic E-state index is 14.6. The summed E-state index contributed by atoms with van der Waals surface area (Å²) < 4.78 is 76.6. The summed E-state index contributed by atoms with van der Waals surface area (Å²) in [6.45, 7) is -0.893. The number of aromatic nitrogens is 1. The molecule has 15 heteroatoms. The lowest BCUT2D eigenvalue weighted by atomic mass is 10.1. The summed E-state index contributed by atoms with van der Waals surface area (Å²) in [6.07, 6.45) is 3.05. The minimum Gasteiger partial charge on any atom is -0.503 e. The molecule has 3 aliphatic rings. The van der Waals surface area contributed by atoms with Crippen LogP contribution in [0.15, 0.2) is 17.1 Å². The molecule has 2 aromatic rings. The van der Waals surface area contributed by atoms with Gasteiger partial charge in [-0.15, -0.1) is 0 Å². The summed E-state index contributed by atoms with van der Waals surface area (Å²) in [6, 6.07) is 0.0962. The number of benzene rings is 1. The van der Waals surface area contributed by atoms with Gasteiger partial charge in [-0.1, -0.05) is 0 Å². The van der Waals surface area contributed by atoms with Crippen molar-refractivity contribution in [2.75, 3.05) is 6.26 Å². The largest absolute Gasteiger partial charge is 0.503 e. The van der Waals surface area contributed by atoms with Crippen molar-refractivity contribution >= 4 is 21.9 Å². The predicted octanol–water partition coefficient (Wildman–Crippen LogP) is 0.973. The summed E-state index contributed by atoms with van der Waals surface area (Å²) in [7, 11) is -4.36. The third-order valence-electron chi connectivity index (χ3n) is 6.58. The second-order valence-electron chi connectivity index (χ2n) is 9.05. The van der Waals surface area contributed by atoms with Crippen molar-refractivity contribution in [3.05, 3.63) is 56.8 Å². The van der Waals surface area contributed by atoms with Gasteiger partial charge in [0.1, 0.15) is 11.4 Å². The van der Waals surface area contributed by atoms with Crippen molar-refractivity contribution in [2.45, 2.75) is 50.7 Å². The highest BCUT2D eigenvalue weighted by atomic mass is 32.2. The number of hydrogen-bond donors (Lipinski definition) is 2. The van der Waals surface area contributed by atoms with Crippen LogP contribution >= 0.6 is 0 Å². The number of fused-ring (bicyclic) bond motifs is 5. The van der Waals surface area contributed by atoms with Gasteiger partial charge in [0.05, 0.1) is 18.9 Å². The molecule has 1 saturated carbocycles. The van der Waals surface area contributed by atoms with Crippen molar-refractivity contribution < 1.29 is 45.2 Å². The van der Waals surface area contributed by atoms with E-state index in [-0.39, 0.29) is 30.5 Å². The highest BCUT2D eigenvalue weighted by Gasteiger charge is 2.47. The van der Waals surface area contributed by atoms with E-state index in [0.717, 1.165) is 19.0 Å². The van der Waals surface area contributed by atoms with E-state index in [0.29, 0.717) is 12.7 Å². The first-order valence-corrected chi connectivity index (χ1v) is 13.0. The average Bonchev–Trinajstić information content (AvgIpc) is 3.18. The Hall–Kier alpha value is -3.59. The number of rotatable bonds is 5. The van der Waals surface area contributed by atoms with E-state index in [2.05, 4.69) is 9.50 Å². The minimum absolute atomic E-state index is 0.0200. The topological polar surface area (TPSA) is 144 Å². The summed E-state index contributed by atoms with van der Waals surface area (Å²) in [4.78, 5) is 40.1. The zero-order valence-corrected chi connectivity index (χ0v) is 20.0. The van der Waals surface area contributed by atoms with Crippen molar-refractivity contribution in [3.8, 4) is 11.5 Å². The number of carbonyl (C=O) groups excluding carboxylic acids is 2. The molecule has 2 bridgehead atoms. The van der Waals surface area contributed by atoms with E-state index in [1.54, 1.807) is 0 Å². The fraction of sp³-hybridized carbons (Fsp3) is 0.409. The number of nitrogens with one attached hydrogen (secondary N) is 1. The van der Waals surface area contributed by atoms with Crippen molar-refractivity contribution in [1.29, 1.82) is 0 Å². The van der Waals surface area contributed by atoms with Gasteiger partial charge >= 0.3 is 10.1 Å². The number of amides is 2. The Balaban J connectivity index is 1.43. The lowest BCUT2D eigenvalue weighted by Crippen LogP contribution is -2.57. The molecular weight excluding hydrogens is 523 g/mol. The van der Waals surface area contributed by atoms with Crippen LogP contribution in [-0.2, 0) is 27.9 Å². The smallest absolute Gasteiger partial charge is 0.306 e. The van der Waals surface area contributed by atoms with Crippen LogP contribution in [0, 0.1) is 17.5 Å². The number of carbonyl (C=O) groups is 2. The van der Waals surface area contributed by atoms with Gasteiger partial charge in [0, 0.05) is 30.4 Å². The van der Waals surface area contributed by atoms with Crippen LogP contribution in [0.3, 0.4) is 0 Å². The van der Waals surface area contributed by atoms with Crippen molar-refractivity contribution in [2.24, 2.45) is 0 Å². The van der Waals surface area contributed by atoms with Crippen LogP contribution < -0.4 is 14.9 Å². The monoisotopic (exact) mass is 543 g/mol. The molecule has 0 radical (unpaired) electrons. The Bertz CT molecular complexity index is 1510. The van der Waals surface area contributed by atoms with Crippen LogP contribution in [0.2, 0.25) is 0 Å². The highest BCUT2D eigenvalue weighted by Crippen LogP contribution is 2.38. The molecule has 37 heavy (non-hydrogen) atoms. The van der Waals surface area contributed by atoms with Gasteiger partial charge in [-0.2, -0.15) is 8.42 Å².